The van der Waals surface area contributed by atoms with Gasteiger partial charge in [-0.3, -0.25) is 4.79 Å². The number of allylic oxidation sites excluding steroid dienone is 1. The molecule has 0 amide bonds. The number of halogens is 1. The van der Waals surface area contributed by atoms with Gasteiger partial charge in [0.1, 0.15) is 11.5 Å². The molecule has 1 aliphatic rings. The summed E-state index contributed by atoms with van der Waals surface area (Å²) in [4.78, 5) is 13.1. The molecule has 0 spiro atoms. The summed E-state index contributed by atoms with van der Waals surface area (Å²) >= 11 is 2.12. The quantitative estimate of drug-likeness (QED) is 0.467. The molecule has 27 heavy (non-hydrogen) atoms. The zero-order chi connectivity index (χ0) is 20.3. The first-order valence-electron chi connectivity index (χ1n) is 9.10. The third-order valence-corrected chi connectivity index (χ3v) is 5.91. The molecule has 0 bridgehead atoms. The summed E-state index contributed by atoms with van der Waals surface area (Å²) in [6.07, 6.45) is 1.95. The van der Waals surface area contributed by atoms with Crippen molar-refractivity contribution in [1.29, 1.82) is 0 Å². The normalized spacial score (nSPS) is 14.4. The Balaban J connectivity index is 2.62. The molecule has 3 rings (SSSR count). The predicted molar refractivity (Wildman–Crippen MR) is 121 cm³/mol. The lowest BCUT2D eigenvalue weighted by atomic mass is 9.77. The van der Waals surface area contributed by atoms with E-state index in [9.17, 15) is 4.79 Å². The first-order chi connectivity index (χ1) is 12.4. The molecular formula is C23H27IO3. The number of carbonyl (C=O) groups excluding carboxylic acids is 1. The molecule has 2 aromatic carbocycles. The minimum Gasteiger partial charge on any atom is -0.496 e. The van der Waals surface area contributed by atoms with Crippen molar-refractivity contribution in [3.63, 3.8) is 0 Å². The Morgan fingerprint density at radius 3 is 1.78 bits per heavy atom. The lowest BCUT2D eigenvalue weighted by Gasteiger charge is -2.30. The van der Waals surface area contributed by atoms with E-state index in [-0.39, 0.29) is 16.6 Å². The van der Waals surface area contributed by atoms with E-state index in [0.717, 1.165) is 33.2 Å². The van der Waals surface area contributed by atoms with Crippen molar-refractivity contribution in [2.24, 2.45) is 0 Å². The predicted octanol–water partition coefficient (Wildman–Crippen LogP) is 6.42. The molecule has 1 aliphatic carbocycles. The Morgan fingerprint density at radius 1 is 0.852 bits per heavy atom. The van der Waals surface area contributed by atoms with E-state index < -0.39 is 0 Å². The van der Waals surface area contributed by atoms with E-state index >= 15 is 0 Å². The molecule has 0 N–H and O–H groups in total. The highest BCUT2D eigenvalue weighted by atomic mass is 127. The van der Waals surface area contributed by atoms with Gasteiger partial charge in [0, 0.05) is 22.1 Å². The summed E-state index contributed by atoms with van der Waals surface area (Å²) < 4.78 is 12.3. The van der Waals surface area contributed by atoms with Crippen LogP contribution in [0.2, 0.25) is 0 Å². The average molecular weight is 478 g/mol. The molecule has 0 radical (unpaired) electrons. The number of hydrogen-bond donors (Lipinski definition) is 0. The Bertz CT molecular complexity index is 981. The van der Waals surface area contributed by atoms with E-state index in [1.807, 2.05) is 6.08 Å². The van der Waals surface area contributed by atoms with Crippen molar-refractivity contribution >= 4 is 45.2 Å². The fraction of sp³-hybridized carbons (Fsp3) is 0.435. The Labute approximate surface area is 175 Å². The van der Waals surface area contributed by atoms with E-state index in [1.165, 1.54) is 0 Å². The van der Waals surface area contributed by atoms with Crippen LogP contribution in [0.4, 0.5) is 0 Å². The summed E-state index contributed by atoms with van der Waals surface area (Å²) in [5.74, 6) is 1.53. The smallest absolute Gasteiger partial charge is 0.203 e. The van der Waals surface area contributed by atoms with Crippen molar-refractivity contribution in [2.75, 3.05) is 14.2 Å². The summed E-state index contributed by atoms with van der Waals surface area (Å²) in [5.41, 5.74) is 3.57. The molecule has 0 aromatic heterocycles. The van der Waals surface area contributed by atoms with Crippen molar-refractivity contribution in [3.8, 4) is 11.5 Å². The van der Waals surface area contributed by atoms with E-state index in [0.29, 0.717) is 14.9 Å². The molecule has 0 unspecified atom stereocenters. The van der Waals surface area contributed by atoms with Crippen LogP contribution in [0, 0.1) is 0 Å². The highest BCUT2D eigenvalue weighted by Crippen LogP contribution is 2.49. The molecule has 0 saturated carbocycles. The second kappa shape index (κ2) is 6.50. The molecule has 0 atom stereocenters. The molecule has 0 aliphatic heterocycles. The highest BCUT2D eigenvalue weighted by molar-refractivity contribution is 14.1. The van der Waals surface area contributed by atoms with Gasteiger partial charge >= 0.3 is 0 Å². The van der Waals surface area contributed by atoms with Crippen LogP contribution in [0.1, 0.15) is 68.6 Å². The summed E-state index contributed by atoms with van der Waals surface area (Å²) in [7, 11) is 3.34. The van der Waals surface area contributed by atoms with Crippen molar-refractivity contribution in [2.45, 2.75) is 52.4 Å². The van der Waals surface area contributed by atoms with Gasteiger partial charge in [0.05, 0.1) is 23.4 Å². The van der Waals surface area contributed by atoms with Gasteiger partial charge in [-0.25, -0.2) is 0 Å². The van der Waals surface area contributed by atoms with Gasteiger partial charge in [0.25, 0.3) is 0 Å². The summed E-state index contributed by atoms with van der Waals surface area (Å²) in [6.45, 7) is 13.0. The van der Waals surface area contributed by atoms with E-state index in [1.54, 1.807) is 14.2 Å². The monoisotopic (exact) mass is 478 g/mol. The van der Waals surface area contributed by atoms with Crippen molar-refractivity contribution in [1.82, 2.24) is 0 Å². The third-order valence-electron chi connectivity index (χ3n) is 5.11. The summed E-state index contributed by atoms with van der Waals surface area (Å²) in [6, 6.07) is 4.35. The first kappa shape index (κ1) is 20.2. The lowest BCUT2D eigenvalue weighted by molar-refractivity contribution is 0.104. The van der Waals surface area contributed by atoms with Crippen LogP contribution < -0.4 is 9.47 Å². The second-order valence-electron chi connectivity index (χ2n) is 9.12. The zero-order valence-electron chi connectivity index (χ0n) is 17.3. The molecule has 0 fully saturated rings. The number of ether oxygens (including phenoxy) is 2. The maximum atomic E-state index is 13.1. The Hall–Kier alpha value is -1.56. The van der Waals surface area contributed by atoms with Gasteiger partial charge in [-0.05, 0) is 57.0 Å². The molecule has 2 aromatic rings. The number of Topliss-reactive ketones (excluding diaryl/α,β-unsaturated/α-hetero) is 1. The number of methoxy groups -OCH3 is 2. The van der Waals surface area contributed by atoms with Crippen molar-refractivity contribution in [3.05, 3.63) is 38.0 Å². The topological polar surface area (TPSA) is 35.5 Å². The minimum atomic E-state index is -0.148. The van der Waals surface area contributed by atoms with Gasteiger partial charge < -0.3 is 9.47 Å². The van der Waals surface area contributed by atoms with E-state index in [2.05, 4.69) is 76.3 Å². The highest BCUT2D eigenvalue weighted by Gasteiger charge is 2.33. The lowest BCUT2D eigenvalue weighted by Crippen LogP contribution is -2.19. The number of hydrogen-bond acceptors (Lipinski definition) is 3. The molecule has 3 nitrogen and oxygen atoms in total. The standard InChI is InChI=1S/C23H27IO3/c1-22(2,3)14-9-12-10-15(23(4,5)6)21(27-8)18-17(12)13(20(14)26-7)11-16(24)19(18)25/h9-11H,1-8H3. The van der Waals surface area contributed by atoms with Gasteiger partial charge in [0.2, 0.25) is 5.78 Å². The van der Waals surface area contributed by atoms with Gasteiger partial charge in [0.15, 0.2) is 0 Å². The summed E-state index contributed by atoms with van der Waals surface area (Å²) in [5, 5.41) is 1.99. The average Bonchev–Trinajstić information content (AvgIpc) is 2.56. The SMILES string of the molecule is COc1c(C(C)(C)C)cc2cc(C(C)(C)C)c(OC)c3c2c1C=C(I)C3=O. The fourth-order valence-electron chi connectivity index (χ4n) is 3.78. The van der Waals surface area contributed by atoms with Crippen molar-refractivity contribution < 1.29 is 14.3 Å². The van der Waals surface area contributed by atoms with Gasteiger partial charge in [-0.15, -0.1) is 0 Å². The van der Waals surface area contributed by atoms with Crippen LogP contribution in [0.3, 0.4) is 0 Å². The molecule has 0 heterocycles. The first-order valence-corrected chi connectivity index (χ1v) is 10.2. The minimum absolute atomic E-state index is 0.0154. The number of rotatable bonds is 2. The van der Waals surface area contributed by atoms with Gasteiger partial charge in [-0.2, -0.15) is 0 Å². The van der Waals surface area contributed by atoms with E-state index in [4.69, 9.17) is 9.47 Å². The third kappa shape index (κ3) is 3.16. The molecule has 4 heteroatoms. The van der Waals surface area contributed by atoms with Crippen LogP contribution in [0.5, 0.6) is 11.5 Å². The maximum absolute atomic E-state index is 13.1. The van der Waals surface area contributed by atoms with Gasteiger partial charge in [-0.1, -0.05) is 41.5 Å². The number of carbonyl (C=O) groups is 1. The molecule has 144 valence electrons. The largest absolute Gasteiger partial charge is 0.496 e. The van der Waals surface area contributed by atoms with Crippen LogP contribution in [0.15, 0.2) is 15.7 Å². The van der Waals surface area contributed by atoms with Crippen LogP contribution >= 0.6 is 22.6 Å². The van der Waals surface area contributed by atoms with Crippen LogP contribution in [-0.4, -0.2) is 20.0 Å². The maximum Gasteiger partial charge on any atom is 0.203 e. The Morgan fingerprint density at radius 2 is 1.33 bits per heavy atom. The number of ketones is 1. The molecular weight excluding hydrogens is 451 g/mol. The van der Waals surface area contributed by atoms with Crippen LogP contribution in [-0.2, 0) is 10.8 Å². The fourth-order valence-corrected chi connectivity index (χ4v) is 4.36. The number of benzene rings is 2. The Kier molecular flexibility index (Phi) is 4.86. The zero-order valence-corrected chi connectivity index (χ0v) is 19.5. The molecule has 0 saturated heterocycles. The second-order valence-corrected chi connectivity index (χ2v) is 10.3. The van der Waals surface area contributed by atoms with Crippen LogP contribution in [0.25, 0.3) is 16.8 Å².